The molecule has 4 nitrogen and oxygen atoms in total. The highest BCUT2D eigenvalue weighted by atomic mass is 16.1. The second-order valence-electron chi connectivity index (χ2n) is 7.63. The van der Waals surface area contributed by atoms with Gasteiger partial charge in [-0.1, -0.05) is 48.5 Å². The van der Waals surface area contributed by atoms with Gasteiger partial charge in [-0.3, -0.25) is 4.79 Å². The highest BCUT2D eigenvalue weighted by Crippen LogP contribution is 2.25. The maximum atomic E-state index is 12.7. The van der Waals surface area contributed by atoms with Gasteiger partial charge in [0.25, 0.3) is 5.91 Å². The number of nitriles is 1. The van der Waals surface area contributed by atoms with Crippen LogP contribution in [0.5, 0.6) is 0 Å². The van der Waals surface area contributed by atoms with Crippen molar-refractivity contribution in [1.82, 2.24) is 10.2 Å². The Morgan fingerprint density at radius 3 is 2.59 bits per heavy atom. The van der Waals surface area contributed by atoms with Crippen LogP contribution in [0.25, 0.3) is 0 Å². The molecule has 4 heteroatoms. The van der Waals surface area contributed by atoms with Crippen molar-refractivity contribution in [3.8, 4) is 6.07 Å². The van der Waals surface area contributed by atoms with E-state index in [0.717, 1.165) is 24.0 Å². The summed E-state index contributed by atoms with van der Waals surface area (Å²) in [6.07, 6.45) is 6.41. The van der Waals surface area contributed by atoms with E-state index in [0.29, 0.717) is 13.1 Å². The number of benzene rings is 2. The topological polar surface area (TPSA) is 56.1 Å². The van der Waals surface area contributed by atoms with Crippen LogP contribution in [-0.2, 0) is 24.2 Å². The van der Waals surface area contributed by atoms with Crippen LogP contribution in [0.3, 0.4) is 0 Å². The summed E-state index contributed by atoms with van der Waals surface area (Å²) in [7, 11) is 0. The van der Waals surface area contributed by atoms with E-state index in [1.165, 1.54) is 24.0 Å². The van der Waals surface area contributed by atoms with E-state index in [1.54, 1.807) is 6.20 Å². The minimum atomic E-state index is -0.329. The second kappa shape index (κ2) is 9.93. The van der Waals surface area contributed by atoms with Crippen molar-refractivity contribution in [2.24, 2.45) is 0 Å². The fourth-order valence-electron chi connectivity index (χ4n) is 3.77. The minimum Gasteiger partial charge on any atom is -0.372 e. The number of aryl methyl sites for hydroxylation is 2. The van der Waals surface area contributed by atoms with Crippen LogP contribution in [-0.4, -0.2) is 17.4 Å². The van der Waals surface area contributed by atoms with Crippen LogP contribution in [0.4, 0.5) is 0 Å². The van der Waals surface area contributed by atoms with Gasteiger partial charge < -0.3 is 10.2 Å². The molecule has 1 aliphatic carbocycles. The molecule has 1 unspecified atom stereocenters. The molecule has 0 saturated heterocycles. The lowest BCUT2D eigenvalue weighted by molar-refractivity contribution is -0.117. The maximum Gasteiger partial charge on any atom is 0.263 e. The van der Waals surface area contributed by atoms with E-state index in [2.05, 4.69) is 29.6 Å². The number of carbonyl (C=O) groups is 1. The Labute approximate surface area is 173 Å². The SMILES string of the molecule is CCN(/C=C(/C#N)C(=O)NC(C)c1ccc2c(c1)CCCC2)Cc1ccccc1. The van der Waals surface area contributed by atoms with Crippen molar-refractivity contribution < 1.29 is 4.79 Å². The molecule has 1 atom stereocenters. The molecule has 0 heterocycles. The van der Waals surface area contributed by atoms with Gasteiger partial charge in [-0.2, -0.15) is 5.26 Å². The molecule has 0 radical (unpaired) electrons. The largest absolute Gasteiger partial charge is 0.372 e. The highest BCUT2D eigenvalue weighted by Gasteiger charge is 2.17. The zero-order valence-corrected chi connectivity index (χ0v) is 17.3. The standard InChI is InChI=1S/C25H29N3O/c1-3-28(17-20-9-5-4-6-10-20)18-24(16-26)25(29)27-19(2)22-14-13-21-11-7-8-12-23(21)15-22/h4-6,9-10,13-15,18-19H,3,7-8,11-12,17H2,1-2H3,(H,27,29)/b24-18-. The first-order valence-electron chi connectivity index (χ1n) is 10.4. The van der Waals surface area contributed by atoms with Crippen LogP contribution in [0.15, 0.2) is 60.3 Å². The summed E-state index contributed by atoms with van der Waals surface area (Å²) in [5.74, 6) is -0.329. The fraction of sp³-hybridized carbons (Fsp3) is 0.360. The molecule has 150 valence electrons. The molecule has 0 aliphatic heterocycles. The predicted molar refractivity (Wildman–Crippen MR) is 116 cm³/mol. The predicted octanol–water partition coefficient (Wildman–Crippen LogP) is 4.67. The molecule has 2 aromatic rings. The molecule has 3 rings (SSSR count). The molecule has 0 bridgehead atoms. The summed E-state index contributed by atoms with van der Waals surface area (Å²) in [6.45, 7) is 5.37. The Morgan fingerprint density at radius 2 is 1.90 bits per heavy atom. The first-order valence-corrected chi connectivity index (χ1v) is 10.4. The van der Waals surface area contributed by atoms with Crippen LogP contribution >= 0.6 is 0 Å². The smallest absolute Gasteiger partial charge is 0.263 e. The molecular formula is C25H29N3O. The van der Waals surface area contributed by atoms with Crippen molar-refractivity contribution in [1.29, 1.82) is 5.26 Å². The van der Waals surface area contributed by atoms with Crippen molar-refractivity contribution in [3.05, 3.63) is 82.6 Å². The Kier molecular flexibility index (Phi) is 7.08. The third-order valence-electron chi connectivity index (χ3n) is 5.53. The first-order chi connectivity index (χ1) is 14.1. The number of amides is 1. The third kappa shape index (κ3) is 5.48. The Balaban J connectivity index is 1.68. The molecule has 0 saturated carbocycles. The number of carbonyl (C=O) groups excluding carboxylic acids is 1. The monoisotopic (exact) mass is 387 g/mol. The van der Waals surface area contributed by atoms with Crippen LogP contribution in [0.1, 0.15) is 55.0 Å². The molecule has 1 aliphatic rings. The second-order valence-corrected chi connectivity index (χ2v) is 7.63. The van der Waals surface area contributed by atoms with Crippen molar-refractivity contribution in [2.75, 3.05) is 6.54 Å². The maximum absolute atomic E-state index is 12.7. The molecule has 29 heavy (non-hydrogen) atoms. The van der Waals surface area contributed by atoms with E-state index in [-0.39, 0.29) is 17.5 Å². The van der Waals surface area contributed by atoms with Crippen LogP contribution in [0.2, 0.25) is 0 Å². The van der Waals surface area contributed by atoms with Gasteiger partial charge in [-0.25, -0.2) is 0 Å². The summed E-state index contributed by atoms with van der Waals surface area (Å²) in [5, 5.41) is 12.5. The molecule has 2 aromatic carbocycles. The summed E-state index contributed by atoms with van der Waals surface area (Å²) in [6, 6.07) is 18.5. The van der Waals surface area contributed by atoms with Gasteiger partial charge in [-0.05, 0) is 61.8 Å². The van der Waals surface area contributed by atoms with Gasteiger partial charge >= 0.3 is 0 Å². The molecular weight excluding hydrogens is 358 g/mol. The third-order valence-corrected chi connectivity index (χ3v) is 5.53. The summed E-state index contributed by atoms with van der Waals surface area (Å²) in [4.78, 5) is 14.7. The number of nitrogens with zero attached hydrogens (tertiary/aromatic N) is 2. The van der Waals surface area contributed by atoms with E-state index < -0.39 is 0 Å². The van der Waals surface area contributed by atoms with Gasteiger partial charge in [0.2, 0.25) is 0 Å². The van der Waals surface area contributed by atoms with Gasteiger partial charge in [0.05, 0.1) is 6.04 Å². The summed E-state index contributed by atoms with van der Waals surface area (Å²) >= 11 is 0. The van der Waals surface area contributed by atoms with Crippen molar-refractivity contribution >= 4 is 5.91 Å². The van der Waals surface area contributed by atoms with Crippen molar-refractivity contribution in [2.45, 2.75) is 52.1 Å². The van der Waals surface area contributed by atoms with E-state index in [1.807, 2.05) is 49.1 Å². The quantitative estimate of drug-likeness (QED) is 0.555. The molecule has 0 fully saturated rings. The Bertz CT molecular complexity index is 911. The van der Waals surface area contributed by atoms with E-state index >= 15 is 0 Å². The average Bonchev–Trinajstić information content (AvgIpc) is 2.76. The van der Waals surface area contributed by atoms with Crippen LogP contribution < -0.4 is 5.32 Å². The lowest BCUT2D eigenvalue weighted by atomic mass is 9.89. The molecule has 0 aromatic heterocycles. The number of rotatable bonds is 7. The van der Waals surface area contributed by atoms with Gasteiger partial charge in [0.1, 0.15) is 11.6 Å². The Morgan fingerprint density at radius 1 is 1.17 bits per heavy atom. The van der Waals surface area contributed by atoms with E-state index in [9.17, 15) is 10.1 Å². The zero-order chi connectivity index (χ0) is 20.6. The normalized spacial score (nSPS) is 14.4. The van der Waals surface area contributed by atoms with Crippen LogP contribution in [0, 0.1) is 11.3 Å². The van der Waals surface area contributed by atoms with Gasteiger partial charge in [0, 0.05) is 19.3 Å². The van der Waals surface area contributed by atoms with Crippen molar-refractivity contribution in [3.63, 3.8) is 0 Å². The highest BCUT2D eigenvalue weighted by molar-refractivity contribution is 5.97. The lowest BCUT2D eigenvalue weighted by Crippen LogP contribution is -2.29. The summed E-state index contributed by atoms with van der Waals surface area (Å²) < 4.78 is 0. The first kappa shape index (κ1) is 20.7. The number of hydrogen-bond donors (Lipinski definition) is 1. The Hall–Kier alpha value is -3.06. The fourth-order valence-corrected chi connectivity index (χ4v) is 3.77. The summed E-state index contributed by atoms with van der Waals surface area (Å²) in [5.41, 5.74) is 5.19. The lowest BCUT2D eigenvalue weighted by Gasteiger charge is -2.21. The number of fused-ring (bicyclic) bond motifs is 1. The number of nitrogens with one attached hydrogen (secondary N) is 1. The molecule has 1 N–H and O–H groups in total. The zero-order valence-electron chi connectivity index (χ0n) is 17.3. The molecule has 0 spiro atoms. The number of hydrogen-bond acceptors (Lipinski definition) is 3. The average molecular weight is 388 g/mol. The van der Waals surface area contributed by atoms with E-state index in [4.69, 9.17) is 0 Å². The van der Waals surface area contributed by atoms with Gasteiger partial charge in [0.15, 0.2) is 0 Å². The minimum absolute atomic E-state index is 0.132. The van der Waals surface area contributed by atoms with Gasteiger partial charge in [-0.15, -0.1) is 0 Å². The molecule has 1 amide bonds.